The summed E-state index contributed by atoms with van der Waals surface area (Å²) >= 11 is 0. The van der Waals surface area contributed by atoms with Gasteiger partial charge in [-0.2, -0.15) is 0 Å². The molecule has 19 heavy (non-hydrogen) atoms. The van der Waals surface area contributed by atoms with Crippen molar-refractivity contribution in [1.82, 2.24) is 15.1 Å². The van der Waals surface area contributed by atoms with Crippen LogP contribution in [-0.4, -0.2) is 72.9 Å². The van der Waals surface area contributed by atoms with Crippen molar-refractivity contribution in [2.45, 2.75) is 57.7 Å². The monoisotopic (exact) mass is 271 g/mol. The number of aliphatic hydroxyl groups excluding tert-OH is 1. The summed E-state index contributed by atoms with van der Waals surface area (Å²) in [7, 11) is 4.44. The van der Waals surface area contributed by atoms with Crippen molar-refractivity contribution in [2.75, 3.05) is 40.3 Å². The Labute approximate surface area is 119 Å². The summed E-state index contributed by atoms with van der Waals surface area (Å²) < 4.78 is 0. The molecule has 3 unspecified atom stereocenters. The minimum atomic E-state index is -0.164. The number of nitrogens with zero attached hydrogens (tertiary/aromatic N) is 2. The zero-order chi connectivity index (χ0) is 14.5. The first-order chi connectivity index (χ1) is 8.91. The Morgan fingerprint density at radius 3 is 2.74 bits per heavy atom. The van der Waals surface area contributed by atoms with Gasteiger partial charge in [0.15, 0.2) is 0 Å². The lowest BCUT2D eigenvalue weighted by molar-refractivity contribution is 0.0739. The van der Waals surface area contributed by atoms with E-state index < -0.39 is 0 Å². The van der Waals surface area contributed by atoms with Crippen LogP contribution in [0.1, 0.15) is 40.0 Å². The van der Waals surface area contributed by atoms with Crippen molar-refractivity contribution in [2.24, 2.45) is 0 Å². The second-order valence-corrected chi connectivity index (χ2v) is 6.53. The van der Waals surface area contributed by atoms with Gasteiger partial charge in [-0.3, -0.25) is 4.90 Å². The highest BCUT2D eigenvalue weighted by Gasteiger charge is 2.30. The van der Waals surface area contributed by atoms with Crippen molar-refractivity contribution in [1.29, 1.82) is 0 Å². The molecule has 1 heterocycles. The molecule has 1 aliphatic rings. The van der Waals surface area contributed by atoms with Gasteiger partial charge in [-0.05, 0) is 60.3 Å². The zero-order valence-corrected chi connectivity index (χ0v) is 13.4. The van der Waals surface area contributed by atoms with Gasteiger partial charge in [0.1, 0.15) is 0 Å². The molecule has 0 spiro atoms. The predicted molar refractivity (Wildman–Crippen MR) is 81.5 cm³/mol. The summed E-state index contributed by atoms with van der Waals surface area (Å²) in [6, 6.07) is 1.13. The molecular formula is C15H33N3O. The third-order valence-corrected chi connectivity index (χ3v) is 4.57. The number of hydrogen-bond donors (Lipinski definition) is 2. The van der Waals surface area contributed by atoms with E-state index >= 15 is 0 Å². The molecule has 0 aliphatic carbocycles. The van der Waals surface area contributed by atoms with Crippen molar-refractivity contribution in [3.8, 4) is 0 Å². The smallest absolute Gasteiger partial charge is 0.0611 e. The van der Waals surface area contributed by atoms with Gasteiger partial charge in [0.05, 0.1) is 6.61 Å². The van der Waals surface area contributed by atoms with Gasteiger partial charge in [-0.15, -0.1) is 0 Å². The van der Waals surface area contributed by atoms with E-state index in [0.29, 0.717) is 12.1 Å². The Morgan fingerprint density at radius 2 is 2.21 bits per heavy atom. The Hall–Kier alpha value is -0.160. The van der Waals surface area contributed by atoms with Crippen LogP contribution in [0.2, 0.25) is 0 Å². The number of nitrogens with one attached hydrogen (secondary N) is 1. The van der Waals surface area contributed by atoms with Gasteiger partial charge >= 0.3 is 0 Å². The molecule has 4 nitrogen and oxygen atoms in total. The average Bonchev–Trinajstić information content (AvgIpc) is 2.38. The highest BCUT2D eigenvalue weighted by molar-refractivity contribution is 4.89. The van der Waals surface area contributed by atoms with Crippen molar-refractivity contribution < 1.29 is 5.11 Å². The van der Waals surface area contributed by atoms with Crippen molar-refractivity contribution >= 4 is 0 Å². The highest BCUT2D eigenvalue weighted by Crippen LogP contribution is 2.20. The van der Waals surface area contributed by atoms with E-state index in [-0.39, 0.29) is 12.1 Å². The lowest BCUT2D eigenvalue weighted by Gasteiger charge is -2.41. The van der Waals surface area contributed by atoms with Crippen LogP contribution < -0.4 is 5.32 Å². The first kappa shape index (κ1) is 16.9. The highest BCUT2D eigenvalue weighted by atomic mass is 16.3. The van der Waals surface area contributed by atoms with E-state index in [1.807, 2.05) is 0 Å². The second-order valence-electron chi connectivity index (χ2n) is 6.53. The maximum atomic E-state index is 9.61. The largest absolute Gasteiger partial charge is 0.394 e. The fourth-order valence-corrected chi connectivity index (χ4v) is 3.25. The molecule has 1 fully saturated rings. The molecule has 114 valence electrons. The summed E-state index contributed by atoms with van der Waals surface area (Å²) in [5.41, 5.74) is -0.164. The predicted octanol–water partition coefficient (Wildman–Crippen LogP) is 1.15. The van der Waals surface area contributed by atoms with E-state index in [9.17, 15) is 5.11 Å². The minimum absolute atomic E-state index is 0.164. The second kappa shape index (κ2) is 7.58. The van der Waals surface area contributed by atoms with Crippen LogP contribution in [0.4, 0.5) is 0 Å². The molecule has 3 atom stereocenters. The fourth-order valence-electron chi connectivity index (χ4n) is 3.25. The fraction of sp³-hybridized carbons (Fsp3) is 1.00. The maximum Gasteiger partial charge on any atom is 0.0611 e. The van der Waals surface area contributed by atoms with Gasteiger partial charge in [0, 0.05) is 24.2 Å². The van der Waals surface area contributed by atoms with E-state index in [2.05, 4.69) is 50.0 Å². The van der Waals surface area contributed by atoms with Crippen LogP contribution in [0, 0.1) is 0 Å². The number of rotatable bonds is 7. The maximum absolute atomic E-state index is 9.61. The molecule has 1 rings (SSSR count). The molecular weight excluding hydrogens is 238 g/mol. The van der Waals surface area contributed by atoms with Crippen LogP contribution in [0.5, 0.6) is 0 Å². The standard InChI is InChI=1S/C15H33N3O/c1-6-16-15(3,12-19)10-13(2)18(5)14-8-7-9-17(4)11-14/h13-14,16,19H,6-12H2,1-5H3. The molecule has 0 amide bonds. The lowest BCUT2D eigenvalue weighted by Crippen LogP contribution is -2.53. The molecule has 4 heteroatoms. The Balaban J connectivity index is 2.53. The van der Waals surface area contributed by atoms with Crippen molar-refractivity contribution in [3.63, 3.8) is 0 Å². The number of likely N-dealkylation sites (N-methyl/N-ethyl adjacent to an activating group) is 3. The number of likely N-dealkylation sites (tertiary alicyclic amines) is 1. The summed E-state index contributed by atoms with van der Waals surface area (Å²) in [5, 5.41) is 13.0. The van der Waals surface area contributed by atoms with Gasteiger partial charge < -0.3 is 15.3 Å². The molecule has 1 saturated heterocycles. The molecule has 1 aliphatic heterocycles. The molecule has 0 saturated carbocycles. The van der Waals surface area contributed by atoms with Gasteiger partial charge in [-0.25, -0.2) is 0 Å². The normalized spacial score (nSPS) is 26.4. The van der Waals surface area contributed by atoms with E-state index in [0.717, 1.165) is 19.5 Å². The average molecular weight is 271 g/mol. The minimum Gasteiger partial charge on any atom is -0.394 e. The summed E-state index contributed by atoms with van der Waals surface area (Å²) in [4.78, 5) is 4.92. The van der Waals surface area contributed by atoms with E-state index in [1.165, 1.54) is 19.4 Å². The lowest BCUT2D eigenvalue weighted by atomic mass is 9.92. The SMILES string of the molecule is CCNC(C)(CO)CC(C)N(C)C1CCCN(C)C1. The van der Waals surface area contributed by atoms with Crippen LogP contribution in [0.15, 0.2) is 0 Å². The van der Waals surface area contributed by atoms with Gasteiger partial charge in [0.25, 0.3) is 0 Å². The number of hydrogen-bond acceptors (Lipinski definition) is 4. The van der Waals surface area contributed by atoms with Crippen LogP contribution in [-0.2, 0) is 0 Å². The zero-order valence-electron chi connectivity index (χ0n) is 13.4. The summed E-state index contributed by atoms with van der Waals surface area (Å²) in [6.07, 6.45) is 3.57. The Bertz CT molecular complexity index is 262. The summed E-state index contributed by atoms with van der Waals surface area (Å²) in [5.74, 6) is 0. The molecule has 2 N–H and O–H groups in total. The Kier molecular flexibility index (Phi) is 6.74. The third kappa shape index (κ3) is 5.03. The van der Waals surface area contributed by atoms with Crippen molar-refractivity contribution in [3.05, 3.63) is 0 Å². The van der Waals surface area contributed by atoms with Gasteiger partial charge in [0.2, 0.25) is 0 Å². The van der Waals surface area contributed by atoms with Crippen LogP contribution >= 0.6 is 0 Å². The van der Waals surface area contributed by atoms with Gasteiger partial charge in [-0.1, -0.05) is 6.92 Å². The molecule has 0 bridgehead atoms. The Morgan fingerprint density at radius 1 is 1.53 bits per heavy atom. The molecule has 0 radical (unpaired) electrons. The molecule has 0 aromatic rings. The topological polar surface area (TPSA) is 38.7 Å². The van der Waals surface area contributed by atoms with E-state index in [1.54, 1.807) is 0 Å². The number of aliphatic hydroxyl groups is 1. The van der Waals surface area contributed by atoms with Crippen LogP contribution in [0.25, 0.3) is 0 Å². The van der Waals surface area contributed by atoms with E-state index in [4.69, 9.17) is 0 Å². The number of piperidine rings is 1. The summed E-state index contributed by atoms with van der Waals surface area (Å²) in [6.45, 7) is 9.98. The quantitative estimate of drug-likeness (QED) is 0.729. The first-order valence-corrected chi connectivity index (χ1v) is 7.68. The molecule has 0 aromatic heterocycles. The molecule has 0 aromatic carbocycles. The van der Waals surface area contributed by atoms with Crippen LogP contribution in [0.3, 0.4) is 0 Å². The first-order valence-electron chi connectivity index (χ1n) is 7.68. The third-order valence-electron chi connectivity index (χ3n) is 4.57.